The lowest BCUT2D eigenvalue weighted by atomic mass is 9.75. The first-order valence-electron chi connectivity index (χ1n) is 8.30. The second-order valence-corrected chi connectivity index (χ2v) is 7.25. The highest BCUT2D eigenvalue weighted by Crippen LogP contribution is 2.38. The Morgan fingerprint density at radius 1 is 1.30 bits per heavy atom. The smallest absolute Gasteiger partial charge is 0.374 e. The molecule has 0 radical (unpaired) electrons. The van der Waals surface area contributed by atoms with Crippen molar-refractivity contribution in [2.45, 2.75) is 47.1 Å². The Kier molecular flexibility index (Phi) is 4.05. The van der Waals surface area contributed by atoms with E-state index in [1.54, 1.807) is 7.11 Å². The van der Waals surface area contributed by atoms with Gasteiger partial charge in [-0.3, -0.25) is 0 Å². The minimum atomic E-state index is 0.316. The Morgan fingerprint density at radius 3 is 2.74 bits per heavy atom. The molecule has 0 bridgehead atoms. The Hall–Kier alpha value is -2.03. The molecule has 0 saturated heterocycles. The zero-order valence-corrected chi connectivity index (χ0v) is 14.8. The van der Waals surface area contributed by atoms with Gasteiger partial charge in [0.25, 0.3) is 5.52 Å². The fourth-order valence-electron chi connectivity index (χ4n) is 3.69. The second-order valence-electron chi connectivity index (χ2n) is 7.25. The number of oxazole rings is 1. The maximum Gasteiger partial charge on any atom is 0.374 e. The normalized spacial score (nSPS) is 19.2. The van der Waals surface area contributed by atoms with Crippen LogP contribution < -0.4 is 9.30 Å². The molecule has 0 saturated carbocycles. The van der Waals surface area contributed by atoms with Crippen LogP contribution in [0, 0.1) is 5.41 Å². The van der Waals surface area contributed by atoms with E-state index < -0.39 is 0 Å². The van der Waals surface area contributed by atoms with Crippen molar-refractivity contribution in [2.24, 2.45) is 5.41 Å². The summed E-state index contributed by atoms with van der Waals surface area (Å²) in [6.45, 7) is 9.90. The average molecular weight is 312 g/mol. The average Bonchev–Trinajstić information content (AvgIpc) is 2.80. The summed E-state index contributed by atoms with van der Waals surface area (Å²) in [7, 11) is 1.68. The number of fused-ring (bicyclic) bond motifs is 1. The summed E-state index contributed by atoms with van der Waals surface area (Å²) in [5.41, 5.74) is 5.07. The summed E-state index contributed by atoms with van der Waals surface area (Å²) in [5, 5.41) is 0. The molecule has 1 aromatic carbocycles. The molecule has 0 unspecified atom stereocenters. The van der Waals surface area contributed by atoms with Crippen LogP contribution in [0.1, 0.15) is 46.4 Å². The molecule has 122 valence electrons. The van der Waals surface area contributed by atoms with Crippen molar-refractivity contribution in [3.8, 4) is 5.75 Å². The van der Waals surface area contributed by atoms with Crippen molar-refractivity contribution in [2.75, 3.05) is 7.11 Å². The largest absolute Gasteiger partial charge is 0.497 e. The maximum absolute atomic E-state index is 6.12. The molecule has 1 aromatic heterocycles. The van der Waals surface area contributed by atoms with E-state index in [1.807, 2.05) is 12.1 Å². The van der Waals surface area contributed by atoms with E-state index >= 15 is 0 Å². The first kappa shape index (κ1) is 15.9. The zero-order chi connectivity index (χ0) is 16.6. The number of aryl methyl sites for hydroxylation is 1. The van der Waals surface area contributed by atoms with Crippen LogP contribution in [0.2, 0.25) is 0 Å². The topological polar surface area (TPSA) is 26.2 Å². The standard InChI is InChI=1S/C20H26NO2/c1-6-21-17-8-7-16(22-5)11-18(17)23-19(21)10-15-9-14(2)12-20(3,4)13-15/h7-11H,6,12-13H2,1-5H3/q+1. The number of rotatable bonds is 3. The van der Waals surface area contributed by atoms with Gasteiger partial charge in [-0.1, -0.05) is 25.5 Å². The lowest BCUT2D eigenvalue weighted by Crippen LogP contribution is -2.33. The second kappa shape index (κ2) is 5.88. The summed E-state index contributed by atoms with van der Waals surface area (Å²) in [4.78, 5) is 0. The molecule has 1 aliphatic rings. The van der Waals surface area contributed by atoms with Crippen LogP contribution in [0.15, 0.2) is 39.8 Å². The fraction of sp³-hybridized carbons (Fsp3) is 0.450. The van der Waals surface area contributed by atoms with Gasteiger partial charge in [0, 0.05) is 12.1 Å². The van der Waals surface area contributed by atoms with Crippen molar-refractivity contribution in [1.29, 1.82) is 0 Å². The van der Waals surface area contributed by atoms with Crippen LogP contribution in [0.3, 0.4) is 0 Å². The molecular formula is C20H26NO2+. The van der Waals surface area contributed by atoms with Gasteiger partial charge >= 0.3 is 5.89 Å². The van der Waals surface area contributed by atoms with E-state index in [-0.39, 0.29) is 0 Å². The van der Waals surface area contributed by atoms with Crippen molar-refractivity contribution >= 4 is 17.2 Å². The minimum absolute atomic E-state index is 0.316. The molecule has 0 atom stereocenters. The van der Waals surface area contributed by atoms with Crippen molar-refractivity contribution in [1.82, 2.24) is 0 Å². The van der Waals surface area contributed by atoms with Gasteiger partial charge in [0.2, 0.25) is 5.58 Å². The molecular weight excluding hydrogens is 286 g/mol. The van der Waals surface area contributed by atoms with Crippen molar-refractivity contribution in [3.63, 3.8) is 0 Å². The zero-order valence-electron chi connectivity index (χ0n) is 14.8. The highest BCUT2D eigenvalue weighted by molar-refractivity contribution is 5.72. The summed E-state index contributed by atoms with van der Waals surface area (Å²) >= 11 is 0. The van der Waals surface area contributed by atoms with E-state index in [2.05, 4.69) is 50.5 Å². The predicted molar refractivity (Wildman–Crippen MR) is 93.4 cm³/mol. The fourth-order valence-corrected chi connectivity index (χ4v) is 3.69. The van der Waals surface area contributed by atoms with E-state index in [9.17, 15) is 0 Å². The van der Waals surface area contributed by atoms with Crippen molar-refractivity contribution < 1.29 is 13.7 Å². The van der Waals surface area contributed by atoms with Gasteiger partial charge in [-0.15, -0.1) is 0 Å². The SMILES string of the molecule is CC[n+]1c(C=C2C=C(C)CC(C)(C)C2)oc2cc(OC)ccc21. The van der Waals surface area contributed by atoms with Crippen LogP contribution in [0.5, 0.6) is 5.75 Å². The Labute approximate surface area is 138 Å². The summed E-state index contributed by atoms with van der Waals surface area (Å²) < 4.78 is 13.6. The van der Waals surface area contributed by atoms with Gasteiger partial charge < -0.3 is 9.15 Å². The predicted octanol–water partition coefficient (Wildman–Crippen LogP) is 4.90. The van der Waals surface area contributed by atoms with Crippen LogP contribution >= 0.6 is 0 Å². The number of methoxy groups -OCH3 is 1. The third-order valence-electron chi connectivity index (χ3n) is 4.44. The molecule has 0 amide bonds. The Balaban J connectivity index is 2.09. The van der Waals surface area contributed by atoms with Crippen molar-refractivity contribution in [3.05, 3.63) is 41.3 Å². The first-order chi connectivity index (χ1) is 10.9. The van der Waals surface area contributed by atoms with Gasteiger partial charge in [-0.05, 0) is 43.7 Å². The van der Waals surface area contributed by atoms with E-state index in [0.29, 0.717) is 5.41 Å². The quantitative estimate of drug-likeness (QED) is 0.754. The molecule has 1 aliphatic carbocycles. The highest BCUT2D eigenvalue weighted by Gasteiger charge is 2.26. The van der Waals surface area contributed by atoms with E-state index in [4.69, 9.17) is 9.15 Å². The summed E-state index contributed by atoms with van der Waals surface area (Å²) in [6, 6.07) is 6.00. The lowest BCUT2D eigenvalue weighted by molar-refractivity contribution is -0.674. The minimum Gasteiger partial charge on any atom is -0.497 e. The van der Waals surface area contributed by atoms with Crippen LogP contribution in [-0.4, -0.2) is 7.11 Å². The van der Waals surface area contributed by atoms with E-state index in [1.165, 1.54) is 11.1 Å². The van der Waals surface area contributed by atoms with E-state index in [0.717, 1.165) is 42.1 Å². The molecule has 0 N–H and O–H groups in total. The van der Waals surface area contributed by atoms with Gasteiger partial charge in [0.15, 0.2) is 0 Å². The Bertz CT molecular complexity index is 793. The molecule has 3 rings (SSSR count). The number of ether oxygens (including phenoxy) is 1. The third kappa shape index (κ3) is 3.19. The van der Waals surface area contributed by atoms with Gasteiger partial charge in [0.05, 0.1) is 13.2 Å². The number of hydrogen-bond donors (Lipinski definition) is 0. The molecule has 1 heterocycles. The van der Waals surface area contributed by atoms with Crippen LogP contribution in [0.25, 0.3) is 17.2 Å². The molecule has 0 fully saturated rings. The number of nitrogens with zero attached hydrogens (tertiary/aromatic N) is 1. The molecule has 2 aromatic rings. The Morgan fingerprint density at radius 2 is 2.09 bits per heavy atom. The third-order valence-corrected chi connectivity index (χ3v) is 4.44. The molecule has 23 heavy (non-hydrogen) atoms. The number of allylic oxidation sites excluding steroid dienone is 3. The first-order valence-corrected chi connectivity index (χ1v) is 8.30. The molecule has 0 spiro atoms. The molecule has 3 nitrogen and oxygen atoms in total. The summed E-state index contributed by atoms with van der Waals surface area (Å²) in [5.74, 6) is 1.73. The van der Waals surface area contributed by atoms with Gasteiger partial charge in [-0.25, -0.2) is 0 Å². The van der Waals surface area contributed by atoms with Gasteiger partial charge in [-0.2, -0.15) is 4.57 Å². The monoisotopic (exact) mass is 312 g/mol. The summed E-state index contributed by atoms with van der Waals surface area (Å²) in [6.07, 6.45) is 6.74. The lowest BCUT2D eigenvalue weighted by Gasteiger charge is -2.29. The molecule has 0 aliphatic heterocycles. The van der Waals surface area contributed by atoms with Crippen LogP contribution in [0.4, 0.5) is 0 Å². The number of hydrogen-bond acceptors (Lipinski definition) is 2. The van der Waals surface area contributed by atoms with Gasteiger partial charge in [0.1, 0.15) is 12.3 Å². The number of benzene rings is 1. The number of aromatic nitrogens is 1. The maximum atomic E-state index is 6.12. The van der Waals surface area contributed by atoms with Crippen LogP contribution in [-0.2, 0) is 6.54 Å². The highest BCUT2D eigenvalue weighted by atomic mass is 16.5. The molecule has 3 heteroatoms.